The fourth-order valence-electron chi connectivity index (χ4n) is 6.07. The van der Waals surface area contributed by atoms with Gasteiger partial charge in [-0.15, -0.1) is 0 Å². The summed E-state index contributed by atoms with van der Waals surface area (Å²) >= 11 is 0. The Bertz CT molecular complexity index is 1020. The lowest BCUT2D eigenvalue weighted by atomic mass is 9.79. The Hall–Kier alpha value is -2.54. The largest absolute Gasteiger partial charge is 0.372 e. The lowest BCUT2D eigenvalue weighted by Gasteiger charge is -2.26. The van der Waals surface area contributed by atoms with Crippen LogP contribution in [0.15, 0.2) is 60.7 Å². The van der Waals surface area contributed by atoms with Crippen molar-refractivity contribution in [3.63, 3.8) is 0 Å². The van der Waals surface area contributed by atoms with Crippen LogP contribution in [0.3, 0.4) is 0 Å². The van der Waals surface area contributed by atoms with Crippen molar-refractivity contribution >= 4 is 5.69 Å². The summed E-state index contributed by atoms with van der Waals surface area (Å²) in [6.07, 6.45) is 4.79. The molecule has 0 fully saturated rings. The van der Waals surface area contributed by atoms with Crippen molar-refractivity contribution in [3.8, 4) is 0 Å². The molecule has 0 N–H and O–H groups in total. The molecule has 0 atom stereocenters. The van der Waals surface area contributed by atoms with E-state index >= 15 is 0 Å². The number of aryl methyl sites for hydroxylation is 2. The highest BCUT2D eigenvalue weighted by atomic mass is 15.1. The van der Waals surface area contributed by atoms with Crippen LogP contribution in [0.5, 0.6) is 0 Å². The van der Waals surface area contributed by atoms with Crippen molar-refractivity contribution in [2.24, 2.45) is 0 Å². The Balaban J connectivity index is 2.14. The van der Waals surface area contributed by atoms with Gasteiger partial charge in [0.05, 0.1) is 0 Å². The summed E-state index contributed by atoms with van der Waals surface area (Å²) in [7, 11) is 0. The first-order valence-corrected chi connectivity index (χ1v) is 14.5. The van der Waals surface area contributed by atoms with E-state index in [0.717, 1.165) is 13.1 Å². The molecule has 1 nitrogen and oxygen atoms in total. The van der Waals surface area contributed by atoms with Crippen molar-refractivity contribution in [3.05, 3.63) is 99.6 Å². The second-order valence-electron chi connectivity index (χ2n) is 10.5. The number of rotatable bonds is 12. The van der Waals surface area contributed by atoms with Gasteiger partial charge in [0.15, 0.2) is 0 Å². The molecule has 0 saturated heterocycles. The highest BCUT2D eigenvalue weighted by Crippen LogP contribution is 2.39. The molecule has 3 rings (SSSR count). The van der Waals surface area contributed by atoms with Gasteiger partial charge in [-0.2, -0.15) is 0 Å². The zero-order chi connectivity index (χ0) is 26.2. The highest BCUT2D eigenvalue weighted by molar-refractivity contribution is 5.54. The van der Waals surface area contributed by atoms with Gasteiger partial charge >= 0.3 is 0 Å². The molecule has 0 spiro atoms. The van der Waals surface area contributed by atoms with Crippen LogP contribution in [-0.2, 0) is 0 Å². The molecular weight excluding hydrogens is 434 g/mol. The number of benzene rings is 3. The van der Waals surface area contributed by atoms with Crippen molar-refractivity contribution in [1.29, 1.82) is 0 Å². The summed E-state index contributed by atoms with van der Waals surface area (Å²) in [5.74, 6) is 1.53. The number of hydrogen-bond acceptors (Lipinski definition) is 1. The Labute approximate surface area is 222 Å². The molecule has 0 unspecified atom stereocenters. The van der Waals surface area contributed by atoms with E-state index in [9.17, 15) is 0 Å². The number of hydrogen-bond donors (Lipinski definition) is 0. The first-order valence-electron chi connectivity index (χ1n) is 14.5. The van der Waals surface area contributed by atoms with Crippen molar-refractivity contribution in [1.82, 2.24) is 0 Å². The topological polar surface area (TPSA) is 3.24 Å². The summed E-state index contributed by atoms with van der Waals surface area (Å²) in [6.45, 7) is 20.4. The monoisotopic (exact) mass is 483 g/mol. The summed E-state index contributed by atoms with van der Waals surface area (Å²) in [6, 6.07) is 23.9. The molecule has 3 aromatic carbocycles. The molecule has 0 amide bonds. The summed E-state index contributed by atoms with van der Waals surface area (Å²) in [5, 5.41) is 0. The van der Waals surface area contributed by atoms with Crippen LogP contribution in [0.1, 0.15) is 124 Å². The van der Waals surface area contributed by atoms with Gasteiger partial charge in [-0.3, -0.25) is 0 Å². The van der Waals surface area contributed by atoms with Crippen LogP contribution < -0.4 is 4.90 Å². The molecule has 0 aromatic heterocycles. The smallest absolute Gasteiger partial charge is 0.0366 e. The maximum atomic E-state index is 2.46. The predicted molar refractivity (Wildman–Crippen MR) is 160 cm³/mol. The fourth-order valence-corrected chi connectivity index (χ4v) is 6.07. The first-order chi connectivity index (χ1) is 17.4. The third-order valence-electron chi connectivity index (χ3n) is 8.48. The molecule has 0 aliphatic carbocycles. The first kappa shape index (κ1) is 28.0. The molecule has 36 heavy (non-hydrogen) atoms. The van der Waals surface area contributed by atoms with Gasteiger partial charge in [0, 0.05) is 24.7 Å². The zero-order valence-electron chi connectivity index (χ0n) is 24.2. The van der Waals surface area contributed by atoms with Crippen molar-refractivity contribution in [2.75, 3.05) is 18.0 Å². The van der Waals surface area contributed by atoms with Gasteiger partial charge in [-0.25, -0.2) is 0 Å². The van der Waals surface area contributed by atoms with Gasteiger partial charge in [0.1, 0.15) is 0 Å². The van der Waals surface area contributed by atoms with Crippen LogP contribution in [0.25, 0.3) is 0 Å². The quantitative estimate of drug-likeness (QED) is 0.232. The molecule has 0 heterocycles. The molecule has 194 valence electrons. The summed E-state index contributed by atoms with van der Waals surface area (Å²) in [5.41, 5.74) is 11.3. The van der Waals surface area contributed by atoms with E-state index < -0.39 is 0 Å². The highest BCUT2D eigenvalue weighted by Gasteiger charge is 2.22. The van der Waals surface area contributed by atoms with E-state index in [4.69, 9.17) is 0 Å². The van der Waals surface area contributed by atoms with Crippen LogP contribution in [-0.4, -0.2) is 13.1 Å². The maximum absolute atomic E-state index is 2.46. The number of nitrogens with zero attached hydrogens (tertiary/aromatic N) is 1. The molecule has 0 radical (unpaired) electrons. The second-order valence-corrected chi connectivity index (χ2v) is 10.5. The minimum Gasteiger partial charge on any atom is -0.372 e. The van der Waals surface area contributed by atoms with Gasteiger partial charge in [0.2, 0.25) is 0 Å². The minimum absolute atomic E-state index is 0.238. The second kappa shape index (κ2) is 13.1. The van der Waals surface area contributed by atoms with Crippen LogP contribution in [0, 0.1) is 13.8 Å². The molecule has 0 aliphatic heterocycles. The minimum atomic E-state index is 0.238. The van der Waals surface area contributed by atoms with E-state index in [2.05, 4.69) is 121 Å². The van der Waals surface area contributed by atoms with E-state index in [1.54, 1.807) is 0 Å². The van der Waals surface area contributed by atoms with E-state index in [0.29, 0.717) is 11.8 Å². The molecule has 0 bridgehead atoms. The molecule has 3 aromatic rings. The van der Waals surface area contributed by atoms with Gasteiger partial charge in [0.25, 0.3) is 0 Å². The van der Waals surface area contributed by atoms with Crippen LogP contribution in [0.2, 0.25) is 0 Å². The van der Waals surface area contributed by atoms with Crippen molar-refractivity contribution in [2.45, 2.75) is 98.8 Å². The molecule has 0 saturated carbocycles. The standard InChI is InChI=1S/C35H49N/c1-9-27(10-2)30-17-21-33(25(7)23-30)35(29-15-19-32(20-16-29)36(13-5)14-6)34-22-18-31(24-26(34)8)28(11-3)12-4/h15-24,27-28,35H,9-14H2,1-8H3. The normalized spacial score (nSPS) is 11.6. The average Bonchev–Trinajstić information content (AvgIpc) is 2.89. The third kappa shape index (κ3) is 6.05. The Morgan fingerprint density at radius 1 is 0.528 bits per heavy atom. The van der Waals surface area contributed by atoms with E-state index in [1.165, 1.54) is 70.3 Å². The van der Waals surface area contributed by atoms with E-state index in [-0.39, 0.29) is 5.92 Å². The Morgan fingerprint density at radius 3 is 1.25 bits per heavy atom. The van der Waals surface area contributed by atoms with E-state index in [1.807, 2.05) is 0 Å². The Kier molecular flexibility index (Phi) is 10.2. The molecular formula is C35H49N. The average molecular weight is 484 g/mol. The van der Waals surface area contributed by atoms with Gasteiger partial charge < -0.3 is 4.90 Å². The van der Waals surface area contributed by atoms with Crippen LogP contribution >= 0.6 is 0 Å². The van der Waals surface area contributed by atoms with Crippen LogP contribution in [0.4, 0.5) is 5.69 Å². The van der Waals surface area contributed by atoms with Gasteiger partial charge in [-0.05, 0) is 116 Å². The number of anilines is 1. The maximum Gasteiger partial charge on any atom is 0.0366 e. The van der Waals surface area contributed by atoms with Crippen molar-refractivity contribution < 1.29 is 0 Å². The SMILES string of the molecule is CCC(CC)c1ccc(C(c2ccc(N(CC)CC)cc2)c2ccc(C(CC)CC)cc2C)c(C)c1. The lowest BCUT2D eigenvalue weighted by molar-refractivity contribution is 0.640. The molecule has 1 heteroatoms. The fraction of sp³-hybridized carbons (Fsp3) is 0.486. The van der Waals surface area contributed by atoms with Gasteiger partial charge in [-0.1, -0.05) is 76.2 Å². The summed E-state index contributed by atoms with van der Waals surface area (Å²) < 4.78 is 0. The molecule has 0 aliphatic rings. The Morgan fingerprint density at radius 2 is 0.917 bits per heavy atom. The third-order valence-corrected chi connectivity index (χ3v) is 8.48. The summed E-state index contributed by atoms with van der Waals surface area (Å²) in [4.78, 5) is 2.42. The lowest BCUT2D eigenvalue weighted by Crippen LogP contribution is -2.21. The predicted octanol–water partition coefficient (Wildman–Crippen LogP) is 10.1. The zero-order valence-corrected chi connectivity index (χ0v) is 24.2.